The number of nitriles is 1. The van der Waals surface area contributed by atoms with E-state index in [9.17, 15) is 0 Å². The summed E-state index contributed by atoms with van der Waals surface area (Å²) in [7, 11) is 0. The van der Waals surface area contributed by atoms with Crippen LogP contribution in [0, 0.1) is 11.3 Å². The minimum atomic E-state index is 0.467. The molecule has 84 valence electrons. The van der Waals surface area contributed by atoms with Gasteiger partial charge in [0.05, 0.1) is 11.6 Å². The number of halogens is 1. The van der Waals surface area contributed by atoms with Crippen LogP contribution < -0.4 is 10.6 Å². The Balaban J connectivity index is 2.08. The predicted octanol–water partition coefficient (Wildman–Crippen LogP) is 2.48. The molecule has 1 aromatic carbocycles. The normalized spacial score (nSPS) is 20.1. The van der Waals surface area contributed by atoms with Gasteiger partial charge in [0.1, 0.15) is 0 Å². The van der Waals surface area contributed by atoms with Gasteiger partial charge in [-0.15, -0.1) is 0 Å². The number of rotatable bonds is 2. The largest absolute Gasteiger partial charge is 0.381 e. The van der Waals surface area contributed by atoms with E-state index in [4.69, 9.17) is 5.26 Å². The van der Waals surface area contributed by atoms with Gasteiger partial charge in [-0.05, 0) is 37.6 Å². The van der Waals surface area contributed by atoms with Gasteiger partial charge in [-0.2, -0.15) is 5.26 Å². The molecule has 0 radical (unpaired) electrons. The van der Waals surface area contributed by atoms with Crippen LogP contribution in [0.25, 0.3) is 0 Å². The highest BCUT2D eigenvalue weighted by molar-refractivity contribution is 9.10. The molecule has 1 heterocycles. The summed E-state index contributed by atoms with van der Waals surface area (Å²) in [5.41, 5.74) is 1.69. The lowest BCUT2D eigenvalue weighted by molar-refractivity contribution is 0.480. The van der Waals surface area contributed by atoms with Crippen molar-refractivity contribution in [2.24, 2.45) is 0 Å². The van der Waals surface area contributed by atoms with Crippen molar-refractivity contribution in [1.29, 1.82) is 5.26 Å². The summed E-state index contributed by atoms with van der Waals surface area (Å²) < 4.78 is 0.942. The van der Waals surface area contributed by atoms with Gasteiger partial charge in [0, 0.05) is 22.7 Å². The van der Waals surface area contributed by atoms with Crippen LogP contribution in [0.3, 0.4) is 0 Å². The van der Waals surface area contributed by atoms with Gasteiger partial charge < -0.3 is 10.6 Å². The predicted molar refractivity (Wildman–Crippen MR) is 68.4 cm³/mol. The summed E-state index contributed by atoms with van der Waals surface area (Å²) in [4.78, 5) is 0. The summed E-state index contributed by atoms with van der Waals surface area (Å²) in [6, 6.07) is 8.35. The van der Waals surface area contributed by atoms with E-state index in [0.717, 1.165) is 23.2 Å². The Morgan fingerprint density at radius 2 is 2.31 bits per heavy atom. The molecule has 1 saturated heterocycles. The Hall–Kier alpha value is -1.05. The van der Waals surface area contributed by atoms with E-state index >= 15 is 0 Å². The van der Waals surface area contributed by atoms with Crippen molar-refractivity contribution in [1.82, 2.24) is 5.32 Å². The molecule has 2 rings (SSSR count). The molecule has 3 nitrogen and oxygen atoms in total. The van der Waals surface area contributed by atoms with Gasteiger partial charge in [0.25, 0.3) is 0 Å². The third kappa shape index (κ3) is 2.97. The maximum Gasteiger partial charge on any atom is 0.0992 e. The number of benzene rings is 1. The zero-order valence-corrected chi connectivity index (χ0v) is 10.5. The highest BCUT2D eigenvalue weighted by Gasteiger charge is 2.12. The minimum absolute atomic E-state index is 0.467. The first-order valence-electron chi connectivity index (χ1n) is 5.46. The molecule has 1 atom stereocenters. The van der Waals surface area contributed by atoms with Crippen LogP contribution in [-0.4, -0.2) is 19.1 Å². The first-order valence-corrected chi connectivity index (χ1v) is 6.25. The highest BCUT2D eigenvalue weighted by Crippen LogP contribution is 2.20. The average molecular weight is 280 g/mol. The zero-order chi connectivity index (χ0) is 11.4. The van der Waals surface area contributed by atoms with E-state index in [-0.39, 0.29) is 0 Å². The lowest BCUT2D eigenvalue weighted by atomic mass is 10.1. The van der Waals surface area contributed by atoms with Crippen molar-refractivity contribution >= 4 is 21.6 Å². The Bertz CT molecular complexity index is 405. The van der Waals surface area contributed by atoms with E-state index < -0.39 is 0 Å². The third-order valence-electron chi connectivity index (χ3n) is 2.69. The van der Waals surface area contributed by atoms with Gasteiger partial charge in [-0.25, -0.2) is 0 Å². The van der Waals surface area contributed by atoms with Crippen LogP contribution in [0.4, 0.5) is 5.69 Å². The molecule has 0 aromatic heterocycles. The Morgan fingerprint density at radius 3 is 3.00 bits per heavy atom. The Labute approximate surface area is 104 Å². The second kappa shape index (κ2) is 5.33. The van der Waals surface area contributed by atoms with Gasteiger partial charge in [-0.1, -0.05) is 15.9 Å². The van der Waals surface area contributed by atoms with Crippen molar-refractivity contribution in [3.63, 3.8) is 0 Å². The van der Waals surface area contributed by atoms with Gasteiger partial charge in [-0.3, -0.25) is 0 Å². The van der Waals surface area contributed by atoms with E-state index in [1.807, 2.05) is 18.2 Å². The van der Waals surface area contributed by atoms with E-state index in [0.29, 0.717) is 11.6 Å². The molecular formula is C12H14BrN3. The van der Waals surface area contributed by atoms with Gasteiger partial charge in [0.15, 0.2) is 0 Å². The molecule has 16 heavy (non-hydrogen) atoms. The van der Waals surface area contributed by atoms with Crippen molar-refractivity contribution in [3.05, 3.63) is 28.2 Å². The molecule has 0 bridgehead atoms. The Kier molecular flexibility index (Phi) is 3.81. The SMILES string of the molecule is N#Cc1cc(Br)cc(NC2CCCNC2)c1. The molecule has 1 fully saturated rings. The summed E-state index contributed by atoms with van der Waals surface area (Å²) in [5.74, 6) is 0. The Morgan fingerprint density at radius 1 is 1.44 bits per heavy atom. The van der Waals surface area contributed by atoms with Gasteiger partial charge in [0.2, 0.25) is 0 Å². The number of piperidine rings is 1. The van der Waals surface area contributed by atoms with E-state index in [1.165, 1.54) is 12.8 Å². The van der Waals surface area contributed by atoms with E-state index in [1.54, 1.807) is 0 Å². The third-order valence-corrected chi connectivity index (χ3v) is 3.15. The summed E-state index contributed by atoms with van der Waals surface area (Å²) >= 11 is 3.41. The fraction of sp³-hybridized carbons (Fsp3) is 0.417. The second-order valence-electron chi connectivity index (χ2n) is 4.03. The maximum absolute atomic E-state index is 8.88. The van der Waals surface area contributed by atoms with Crippen LogP contribution in [-0.2, 0) is 0 Å². The van der Waals surface area contributed by atoms with E-state index in [2.05, 4.69) is 32.6 Å². The van der Waals surface area contributed by atoms with Crippen molar-refractivity contribution < 1.29 is 0 Å². The lowest BCUT2D eigenvalue weighted by Gasteiger charge is -2.25. The molecular weight excluding hydrogens is 266 g/mol. The molecule has 0 amide bonds. The monoisotopic (exact) mass is 279 g/mol. The molecule has 2 N–H and O–H groups in total. The fourth-order valence-electron chi connectivity index (χ4n) is 1.95. The highest BCUT2D eigenvalue weighted by atomic mass is 79.9. The number of anilines is 1. The second-order valence-corrected chi connectivity index (χ2v) is 4.94. The van der Waals surface area contributed by atoms with Crippen molar-refractivity contribution in [2.45, 2.75) is 18.9 Å². The number of hydrogen-bond acceptors (Lipinski definition) is 3. The molecule has 1 aromatic rings. The first kappa shape index (κ1) is 11.4. The van der Waals surface area contributed by atoms with Crippen LogP contribution in [0.2, 0.25) is 0 Å². The molecule has 0 aliphatic carbocycles. The van der Waals surface area contributed by atoms with Crippen LogP contribution >= 0.6 is 15.9 Å². The first-order chi connectivity index (χ1) is 7.78. The van der Waals surface area contributed by atoms with Crippen LogP contribution in [0.5, 0.6) is 0 Å². The maximum atomic E-state index is 8.88. The van der Waals surface area contributed by atoms with Crippen LogP contribution in [0.15, 0.2) is 22.7 Å². The minimum Gasteiger partial charge on any atom is -0.381 e. The number of nitrogens with zero attached hydrogens (tertiary/aromatic N) is 1. The lowest BCUT2D eigenvalue weighted by Crippen LogP contribution is -2.38. The molecule has 1 unspecified atom stereocenters. The molecule has 1 aliphatic heterocycles. The average Bonchev–Trinajstić information content (AvgIpc) is 2.29. The van der Waals surface area contributed by atoms with Crippen LogP contribution in [0.1, 0.15) is 18.4 Å². The topological polar surface area (TPSA) is 47.9 Å². The number of hydrogen-bond donors (Lipinski definition) is 2. The van der Waals surface area contributed by atoms with Gasteiger partial charge >= 0.3 is 0 Å². The number of nitrogens with one attached hydrogen (secondary N) is 2. The zero-order valence-electron chi connectivity index (χ0n) is 8.96. The smallest absolute Gasteiger partial charge is 0.0992 e. The molecule has 0 spiro atoms. The van der Waals surface area contributed by atoms with Crippen molar-refractivity contribution in [3.8, 4) is 6.07 Å². The quantitative estimate of drug-likeness (QED) is 0.875. The molecule has 4 heteroatoms. The summed E-state index contributed by atoms with van der Waals surface area (Å²) in [6.07, 6.45) is 2.39. The fourth-order valence-corrected chi connectivity index (χ4v) is 2.44. The van der Waals surface area contributed by atoms with Crippen molar-refractivity contribution in [2.75, 3.05) is 18.4 Å². The summed E-state index contributed by atoms with van der Waals surface area (Å²) in [6.45, 7) is 2.11. The molecule has 1 aliphatic rings. The molecule has 0 saturated carbocycles. The summed E-state index contributed by atoms with van der Waals surface area (Å²) in [5, 5.41) is 15.7. The standard InChI is InChI=1S/C12H14BrN3/c13-10-4-9(7-14)5-12(6-10)16-11-2-1-3-15-8-11/h4-6,11,15-16H,1-3,8H2.